The largest absolute Gasteiger partial charge is 0.466 e. The zero-order valence-corrected chi connectivity index (χ0v) is 17.0. The lowest BCUT2D eigenvalue weighted by Gasteiger charge is -2.21. The number of rotatable bonds is 3. The van der Waals surface area contributed by atoms with Crippen molar-refractivity contribution in [3.05, 3.63) is 34.9 Å². The molecule has 1 fully saturated rings. The van der Waals surface area contributed by atoms with Gasteiger partial charge in [-0.2, -0.15) is 0 Å². The highest BCUT2D eigenvalue weighted by molar-refractivity contribution is 5.88. The Bertz CT molecular complexity index is 629. The molecule has 1 saturated heterocycles. The highest BCUT2D eigenvalue weighted by Crippen LogP contribution is 2.36. The van der Waals surface area contributed by atoms with Gasteiger partial charge in [0.15, 0.2) is 0 Å². The molecule has 1 aliphatic carbocycles. The van der Waals surface area contributed by atoms with Gasteiger partial charge < -0.3 is 14.2 Å². The lowest BCUT2D eigenvalue weighted by Crippen LogP contribution is -2.25. The zero-order chi connectivity index (χ0) is 19.8. The van der Waals surface area contributed by atoms with E-state index in [9.17, 15) is 9.59 Å². The van der Waals surface area contributed by atoms with E-state index < -0.39 is 0 Å². The molecular weight excluding hydrogens is 344 g/mol. The maximum atomic E-state index is 12.3. The number of methoxy groups -OCH3 is 2. The summed E-state index contributed by atoms with van der Waals surface area (Å²) in [4.78, 5) is 24.3. The first-order valence-electron chi connectivity index (χ1n) is 9.74. The number of ether oxygens (including phenoxy) is 3. The van der Waals surface area contributed by atoms with E-state index in [4.69, 9.17) is 14.2 Å². The minimum absolute atomic E-state index is 0.103. The third kappa shape index (κ3) is 6.06. The molecule has 0 radical (unpaired) electrons. The molecule has 5 heteroatoms. The summed E-state index contributed by atoms with van der Waals surface area (Å²) in [6, 6.07) is 0. The van der Waals surface area contributed by atoms with Gasteiger partial charge in [-0.1, -0.05) is 29.4 Å². The van der Waals surface area contributed by atoms with Crippen LogP contribution in [0.15, 0.2) is 34.9 Å². The van der Waals surface area contributed by atoms with E-state index in [1.165, 1.54) is 18.3 Å². The third-order valence-corrected chi connectivity index (χ3v) is 5.49. The number of hydrogen-bond donors (Lipinski definition) is 0. The Morgan fingerprint density at radius 3 is 2.63 bits per heavy atom. The lowest BCUT2D eigenvalue weighted by molar-refractivity contribution is -0.145. The molecule has 2 aliphatic rings. The SMILES string of the molecule is COCC1C(=O)OC2CC(C)=CCC=C(C(=O)OC)CCC=C(C)CCC21. The molecule has 150 valence electrons. The molecule has 0 aromatic rings. The minimum Gasteiger partial charge on any atom is -0.466 e. The van der Waals surface area contributed by atoms with E-state index in [2.05, 4.69) is 26.0 Å². The first-order valence-corrected chi connectivity index (χ1v) is 9.74. The number of carbonyl (C=O) groups excluding carboxylic acids is 2. The molecule has 0 bridgehead atoms. The second kappa shape index (κ2) is 10.5. The summed E-state index contributed by atoms with van der Waals surface area (Å²) in [5.74, 6) is -0.405. The van der Waals surface area contributed by atoms with Crippen molar-refractivity contribution in [2.24, 2.45) is 11.8 Å². The summed E-state index contributed by atoms with van der Waals surface area (Å²) in [5, 5.41) is 0. The lowest BCUT2D eigenvalue weighted by atomic mass is 9.83. The van der Waals surface area contributed by atoms with Crippen molar-refractivity contribution >= 4 is 11.9 Å². The standard InChI is InChI=1S/C22H32O5/c1-15-7-5-9-17(21(23)26-4)10-6-8-16(2)13-20-18(12-11-15)19(14-25-3)22(24)27-20/h7-8,10,18-20H,5-6,9,11-14H2,1-4H3. The minimum atomic E-state index is -0.258. The topological polar surface area (TPSA) is 61.8 Å². The molecule has 0 N–H and O–H groups in total. The van der Waals surface area contributed by atoms with E-state index in [0.29, 0.717) is 25.0 Å². The Kier molecular flexibility index (Phi) is 8.29. The fraction of sp³-hybridized carbons (Fsp3) is 0.636. The van der Waals surface area contributed by atoms with Crippen molar-refractivity contribution in [3.63, 3.8) is 0 Å². The summed E-state index contributed by atoms with van der Waals surface area (Å²) >= 11 is 0. The van der Waals surface area contributed by atoms with Gasteiger partial charge in [-0.05, 0) is 46.0 Å². The van der Waals surface area contributed by atoms with E-state index in [1.807, 2.05) is 6.08 Å². The Hall–Kier alpha value is -1.88. The van der Waals surface area contributed by atoms with Crippen LogP contribution in [-0.4, -0.2) is 38.9 Å². The van der Waals surface area contributed by atoms with Crippen LogP contribution >= 0.6 is 0 Å². The third-order valence-electron chi connectivity index (χ3n) is 5.49. The predicted octanol–water partition coefficient (Wildman–Crippen LogP) is 4.14. The molecule has 0 aromatic heterocycles. The first-order chi connectivity index (χ1) is 13.0. The summed E-state index contributed by atoms with van der Waals surface area (Å²) in [5.41, 5.74) is 3.16. The molecule has 3 unspecified atom stereocenters. The molecule has 1 heterocycles. The average molecular weight is 376 g/mol. The Balaban J connectivity index is 2.23. The van der Waals surface area contributed by atoms with Crippen molar-refractivity contribution in [1.82, 2.24) is 0 Å². The quantitative estimate of drug-likeness (QED) is 0.547. The van der Waals surface area contributed by atoms with Crippen LogP contribution < -0.4 is 0 Å². The van der Waals surface area contributed by atoms with E-state index in [-0.39, 0.29) is 29.9 Å². The van der Waals surface area contributed by atoms with Crippen molar-refractivity contribution < 1.29 is 23.8 Å². The van der Waals surface area contributed by atoms with Crippen LogP contribution in [0.5, 0.6) is 0 Å². The Morgan fingerprint density at radius 1 is 1.15 bits per heavy atom. The zero-order valence-electron chi connectivity index (χ0n) is 17.0. The molecule has 3 atom stereocenters. The molecule has 2 rings (SSSR count). The monoisotopic (exact) mass is 376 g/mol. The second-order valence-electron chi connectivity index (χ2n) is 7.54. The van der Waals surface area contributed by atoms with E-state index >= 15 is 0 Å². The molecular formula is C22H32O5. The highest BCUT2D eigenvalue weighted by Gasteiger charge is 2.43. The maximum absolute atomic E-state index is 12.3. The molecule has 0 saturated carbocycles. The summed E-state index contributed by atoms with van der Waals surface area (Å²) in [6.07, 6.45) is 10.8. The number of esters is 2. The second-order valence-corrected chi connectivity index (χ2v) is 7.54. The van der Waals surface area contributed by atoms with Gasteiger partial charge in [0, 0.05) is 25.0 Å². The average Bonchev–Trinajstić information content (AvgIpc) is 2.92. The number of hydrogen-bond acceptors (Lipinski definition) is 5. The van der Waals surface area contributed by atoms with Crippen LogP contribution in [-0.2, 0) is 23.8 Å². The van der Waals surface area contributed by atoms with Gasteiger partial charge in [0.05, 0.1) is 19.6 Å². The highest BCUT2D eigenvalue weighted by atomic mass is 16.6. The number of carbonyl (C=O) groups is 2. The summed E-state index contributed by atoms with van der Waals surface area (Å²) in [7, 11) is 3.05. The Morgan fingerprint density at radius 2 is 1.93 bits per heavy atom. The molecule has 0 amide bonds. The van der Waals surface area contributed by atoms with Crippen LogP contribution in [0.25, 0.3) is 0 Å². The van der Waals surface area contributed by atoms with Crippen molar-refractivity contribution in [2.45, 2.75) is 58.5 Å². The van der Waals surface area contributed by atoms with Gasteiger partial charge in [-0.3, -0.25) is 4.79 Å². The van der Waals surface area contributed by atoms with Crippen LogP contribution in [0.2, 0.25) is 0 Å². The van der Waals surface area contributed by atoms with Gasteiger partial charge in [-0.15, -0.1) is 0 Å². The van der Waals surface area contributed by atoms with Crippen molar-refractivity contribution in [2.75, 3.05) is 20.8 Å². The first kappa shape index (κ1) is 21.4. The number of allylic oxidation sites excluding steroid dienone is 4. The fourth-order valence-electron chi connectivity index (χ4n) is 3.90. The maximum Gasteiger partial charge on any atom is 0.333 e. The van der Waals surface area contributed by atoms with Gasteiger partial charge in [-0.25, -0.2) is 4.79 Å². The molecule has 0 spiro atoms. The molecule has 5 nitrogen and oxygen atoms in total. The van der Waals surface area contributed by atoms with E-state index in [0.717, 1.165) is 25.7 Å². The molecule has 0 aromatic carbocycles. The van der Waals surface area contributed by atoms with Gasteiger partial charge in [0.2, 0.25) is 0 Å². The predicted molar refractivity (Wildman–Crippen MR) is 104 cm³/mol. The number of fused-ring (bicyclic) bond motifs is 1. The summed E-state index contributed by atoms with van der Waals surface area (Å²) < 4.78 is 15.9. The van der Waals surface area contributed by atoms with Gasteiger partial charge in [0.25, 0.3) is 0 Å². The van der Waals surface area contributed by atoms with Gasteiger partial charge in [0.1, 0.15) is 6.10 Å². The van der Waals surface area contributed by atoms with Gasteiger partial charge >= 0.3 is 11.9 Å². The molecule has 1 aliphatic heterocycles. The normalized spacial score (nSPS) is 27.5. The van der Waals surface area contributed by atoms with Crippen LogP contribution in [0.1, 0.15) is 52.4 Å². The van der Waals surface area contributed by atoms with E-state index in [1.54, 1.807) is 7.11 Å². The fourth-order valence-corrected chi connectivity index (χ4v) is 3.90. The summed E-state index contributed by atoms with van der Waals surface area (Å²) in [6.45, 7) is 4.57. The van der Waals surface area contributed by atoms with Crippen LogP contribution in [0.4, 0.5) is 0 Å². The van der Waals surface area contributed by atoms with Crippen LogP contribution in [0, 0.1) is 11.8 Å². The smallest absolute Gasteiger partial charge is 0.333 e. The van der Waals surface area contributed by atoms with Crippen molar-refractivity contribution in [1.29, 1.82) is 0 Å². The van der Waals surface area contributed by atoms with Crippen LogP contribution in [0.3, 0.4) is 0 Å². The Labute approximate surface area is 162 Å². The molecule has 27 heavy (non-hydrogen) atoms. The van der Waals surface area contributed by atoms with Crippen molar-refractivity contribution in [3.8, 4) is 0 Å².